The van der Waals surface area contributed by atoms with Gasteiger partial charge in [0.15, 0.2) is 5.78 Å². The van der Waals surface area contributed by atoms with Crippen LogP contribution in [-0.2, 0) is 9.59 Å². The second-order valence-electron chi connectivity index (χ2n) is 10.9. The number of ketones is 2. The van der Waals surface area contributed by atoms with E-state index in [1.54, 1.807) is 0 Å². The summed E-state index contributed by atoms with van der Waals surface area (Å²) in [5.41, 5.74) is 1.09. The van der Waals surface area contributed by atoms with Crippen molar-refractivity contribution in [1.82, 2.24) is 0 Å². The monoisotopic (exact) mass is 468 g/mol. The van der Waals surface area contributed by atoms with E-state index in [2.05, 4.69) is 26.0 Å². The van der Waals surface area contributed by atoms with Crippen LogP contribution in [0.25, 0.3) is 0 Å². The fourth-order valence-electron chi connectivity index (χ4n) is 6.17. The summed E-state index contributed by atoms with van der Waals surface area (Å²) in [7, 11) is 0. The van der Waals surface area contributed by atoms with E-state index in [4.69, 9.17) is 4.74 Å². The summed E-state index contributed by atoms with van der Waals surface area (Å²) in [6.07, 6.45) is 17.9. The molecule has 0 bridgehead atoms. The molecule has 190 valence electrons. The number of carbonyl (C=O) groups excluding carboxylic acids is 2. The fourth-order valence-corrected chi connectivity index (χ4v) is 6.17. The van der Waals surface area contributed by atoms with Crippen molar-refractivity contribution >= 4 is 11.6 Å². The first kappa shape index (κ1) is 27.0. The summed E-state index contributed by atoms with van der Waals surface area (Å²) in [6.45, 7) is 5.19. The minimum atomic E-state index is -0.385. The Hall–Kier alpha value is -1.64. The Labute approximate surface area is 208 Å². The molecule has 2 aliphatic carbocycles. The summed E-state index contributed by atoms with van der Waals surface area (Å²) in [4.78, 5) is 27.0. The maximum absolute atomic E-state index is 13.9. The predicted molar refractivity (Wildman–Crippen MR) is 140 cm³/mol. The molecule has 0 saturated heterocycles. The highest BCUT2D eigenvalue weighted by molar-refractivity contribution is 6.05. The van der Waals surface area contributed by atoms with Crippen LogP contribution in [-0.4, -0.2) is 18.2 Å². The third-order valence-electron chi connectivity index (χ3n) is 8.24. The number of unbranched alkanes of at least 4 members (excludes halogenated alkanes) is 5. The van der Waals surface area contributed by atoms with Crippen molar-refractivity contribution in [1.29, 1.82) is 0 Å². The van der Waals surface area contributed by atoms with Crippen LogP contribution in [0, 0.1) is 17.8 Å². The van der Waals surface area contributed by atoms with E-state index >= 15 is 0 Å². The zero-order valence-electron chi connectivity index (χ0n) is 21.9. The number of hydrogen-bond acceptors (Lipinski definition) is 3. The summed E-state index contributed by atoms with van der Waals surface area (Å²) >= 11 is 0. The molecule has 0 amide bonds. The molecular formula is C31H48O3. The Morgan fingerprint density at radius 1 is 0.882 bits per heavy atom. The van der Waals surface area contributed by atoms with Crippen LogP contribution >= 0.6 is 0 Å². The van der Waals surface area contributed by atoms with Gasteiger partial charge in [-0.1, -0.05) is 90.2 Å². The second kappa shape index (κ2) is 14.7. The fraction of sp³-hybridized carbons (Fsp3) is 0.742. The van der Waals surface area contributed by atoms with Gasteiger partial charge in [0.05, 0.1) is 12.5 Å². The summed E-state index contributed by atoms with van der Waals surface area (Å²) in [5.74, 6) is 1.65. The number of carbonyl (C=O) groups is 2. The molecule has 0 N–H and O–H groups in total. The van der Waals surface area contributed by atoms with E-state index in [-0.39, 0.29) is 23.4 Å². The van der Waals surface area contributed by atoms with Crippen molar-refractivity contribution in [3.63, 3.8) is 0 Å². The van der Waals surface area contributed by atoms with Crippen molar-refractivity contribution < 1.29 is 14.3 Å². The number of benzene rings is 1. The zero-order chi connectivity index (χ0) is 24.2. The molecule has 3 rings (SSSR count). The van der Waals surface area contributed by atoms with Gasteiger partial charge in [-0.15, -0.1) is 0 Å². The molecule has 1 aromatic rings. The summed E-state index contributed by atoms with van der Waals surface area (Å²) in [6, 6.07) is 8.26. The molecule has 3 heteroatoms. The van der Waals surface area contributed by atoms with Gasteiger partial charge in [-0.3, -0.25) is 9.59 Å². The van der Waals surface area contributed by atoms with Crippen LogP contribution in [0.15, 0.2) is 24.3 Å². The van der Waals surface area contributed by atoms with Gasteiger partial charge >= 0.3 is 0 Å². The minimum Gasteiger partial charge on any atom is -0.494 e. The average Bonchev–Trinajstić information content (AvgIpc) is 2.86. The first-order valence-electron chi connectivity index (χ1n) is 14.4. The van der Waals surface area contributed by atoms with Crippen LogP contribution in [0.5, 0.6) is 5.75 Å². The van der Waals surface area contributed by atoms with Crippen molar-refractivity contribution in [2.45, 2.75) is 122 Å². The molecule has 0 aromatic heterocycles. The predicted octanol–water partition coefficient (Wildman–Crippen LogP) is 8.44. The second-order valence-corrected chi connectivity index (χ2v) is 10.9. The Balaban J connectivity index is 1.65. The van der Waals surface area contributed by atoms with E-state index in [1.807, 2.05) is 12.1 Å². The Bertz CT molecular complexity index is 732. The van der Waals surface area contributed by atoms with Gasteiger partial charge in [0.1, 0.15) is 11.5 Å². The molecular weight excluding hydrogens is 420 g/mol. The Morgan fingerprint density at radius 3 is 2.26 bits per heavy atom. The standard InChI is InChI=1S/C31H48O3/c1-3-5-7-12-22-34-27-19-17-26(18-20-27)30(25-14-10-8-11-15-25)31(33)28-21-16-24(23-29(28)32)13-9-6-4-2/h17-20,24-25,28,30H,3-16,21-23H2,1-2H3. The van der Waals surface area contributed by atoms with Crippen LogP contribution in [0.1, 0.15) is 128 Å². The molecule has 0 spiro atoms. The lowest BCUT2D eigenvalue weighted by atomic mass is 9.68. The van der Waals surface area contributed by atoms with Gasteiger partial charge in [0.25, 0.3) is 0 Å². The van der Waals surface area contributed by atoms with E-state index in [0.717, 1.165) is 56.4 Å². The Kier molecular flexibility index (Phi) is 11.6. The number of hydrogen-bond donors (Lipinski definition) is 0. The molecule has 3 nitrogen and oxygen atoms in total. The van der Waals surface area contributed by atoms with Crippen LogP contribution in [0.3, 0.4) is 0 Å². The van der Waals surface area contributed by atoms with Crippen LogP contribution in [0.4, 0.5) is 0 Å². The lowest BCUT2D eigenvalue weighted by Crippen LogP contribution is -2.36. The van der Waals surface area contributed by atoms with Crippen LogP contribution < -0.4 is 4.74 Å². The van der Waals surface area contributed by atoms with Gasteiger partial charge in [-0.2, -0.15) is 0 Å². The smallest absolute Gasteiger partial charge is 0.151 e. The topological polar surface area (TPSA) is 43.4 Å². The third-order valence-corrected chi connectivity index (χ3v) is 8.24. The van der Waals surface area contributed by atoms with Gasteiger partial charge in [-0.05, 0) is 61.6 Å². The molecule has 0 heterocycles. The number of Topliss-reactive ketones (excluding diaryl/α,β-unsaturated/α-hetero) is 2. The van der Waals surface area contributed by atoms with Gasteiger partial charge in [0.2, 0.25) is 0 Å². The normalized spacial score (nSPS) is 22.5. The maximum Gasteiger partial charge on any atom is 0.151 e. The summed E-state index contributed by atoms with van der Waals surface area (Å²) in [5, 5.41) is 0. The molecule has 2 aliphatic rings. The molecule has 1 aromatic carbocycles. The average molecular weight is 469 g/mol. The maximum atomic E-state index is 13.9. The highest BCUT2D eigenvalue weighted by Gasteiger charge is 2.40. The van der Waals surface area contributed by atoms with Crippen molar-refractivity contribution in [3.8, 4) is 5.75 Å². The summed E-state index contributed by atoms with van der Waals surface area (Å²) < 4.78 is 5.94. The lowest BCUT2D eigenvalue weighted by molar-refractivity contribution is -0.137. The highest BCUT2D eigenvalue weighted by atomic mass is 16.5. The van der Waals surface area contributed by atoms with E-state index in [9.17, 15) is 9.59 Å². The van der Waals surface area contributed by atoms with Crippen molar-refractivity contribution in [2.24, 2.45) is 17.8 Å². The van der Waals surface area contributed by atoms with Crippen molar-refractivity contribution in [3.05, 3.63) is 29.8 Å². The first-order valence-corrected chi connectivity index (χ1v) is 14.4. The van der Waals surface area contributed by atoms with Crippen molar-refractivity contribution in [2.75, 3.05) is 6.61 Å². The molecule has 3 atom stereocenters. The molecule has 3 unspecified atom stereocenters. The first-order chi connectivity index (χ1) is 16.6. The minimum absolute atomic E-state index is 0.135. The molecule has 0 aliphatic heterocycles. The molecule has 2 fully saturated rings. The zero-order valence-corrected chi connectivity index (χ0v) is 21.9. The highest BCUT2D eigenvalue weighted by Crippen LogP contribution is 2.41. The van der Waals surface area contributed by atoms with Gasteiger partial charge in [0, 0.05) is 12.3 Å². The lowest BCUT2D eigenvalue weighted by Gasteiger charge is -2.34. The number of ether oxygens (including phenoxy) is 1. The third kappa shape index (κ3) is 7.95. The van der Waals surface area contributed by atoms with E-state index < -0.39 is 0 Å². The largest absolute Gasteiger partial charge is 0.494 e. The Morgan fingerprint density at radius 2 is 1.59 bits per heavy atom. The molecule has 0 radical (unpaired) electrons. The van der Waals surface area contributed by atoms with Gasteiger partial charge < -0.3 is 4.74 Å². The molecule has 34 heavy (non-hydrogen) atoms. The van der Waals surface area contributed by atoms with E-state index in [1.165, 1.54) is 57.8 Å². The SMILES string of the molecule is CCCCCCOc1ccc(C(C(=O)C2CCC(CCCCC)CC2=O)C2CCCCC2)cc1. The van der Waals surface area contributed by atoms with Crippen LogP contribution in [0.2, 0.25) is 0 Å². The number of rotatable bonds is 14. The van der Waals surface area contributed by atoms with Gasteiger partial charge in [-0.25, -0.2) is 0 Å². The van der Waals surface area contributed by atoms with E-state index in [0.29, 0.717) is 18.3 Å². The quantitative estimate of drug-likeness (QED) is 0.203. The molecule has 2 saturated carbocycles.